The van der Waals surface area contributed by atoms with Gasteiger partial charge in [0.2, 0.25) is 0 Å². The molecule has 0 amide bonds. The molecule has 20 heavy (non-hydrogen) atoms. The maximum atomic E-state index is 12.7. The monoisotopic (exact) mass is 272 g/mol. The standard InChI is InChI=1S/C18H24O2/c1-18-7-2-3-15(18)17-14(6-8-18)13-5-4-12(19)9-11(13)10-16(17)20/h9,13-15,17H,2-8,10H2,1H3/t13-,14-,15-,17+,18-/m0/s1. The van der Waals surface area contributed by atoms with Crippen molar-refractivity contribution >= 4 is 11.6 Å². The van der Waals surface area contributed by atoms with Crippen LogP contribution in [0.25, 0.3) is 0 Å². The normalized spacial score (nSPS) is 47.4. The van der Waals surface area contributed by atoms with Crippen LogP contribution in [0.5, 0.6) is 0 Å². The number of fused-ring (bicyclic) bond motifs is 5. The van der Waals surface area contributed by atoms with Crippen LogP contribution < -0.4 is 0 Å². The number of Topliss-reactive ketones (excluding diaryl/α,β-unsaturated/α-hetero) is 1. The van der Waals surface area contributed by atoms with Gasteiger partial charge in [-0.25, -0.2) is 0 Å². The molecule has 0 radical (unpaired) electrons. The lowest BCUT2D eigenvalue weighted by Crippen LogP contribution is -2.48. The number of ketones is 2. The Bertz CT molecular complexity index is 504. The fourth-order valence-corrected chi connectivity index (χ4v) is 5.93. The van der Waals surface area contributed by atoms with Gasteiger partial charge in [0.1, 0.15) is 5.78 Å². The summed E-state index contributed by atoms with van der Waals surface area (Å²) < 4.78 is 0. The minimum Gasteiger partial charge on any atom is -0.299 e. The second kappa shape index (κ2) is 4.29. The molecule has 5 atom stereocenters. The predicted molar refractivity (Wildman–Crippen MR) is 77.1 cm³/mol. The second-order valence-electron chi connectivity index (χ2n) is 7.85. The van der Waals surface area contributed by atoms with Crippen LogP contribution in [0, 0.1) is 29.1 Å². The van der Waals surface area contributed by atoms with E-state index in [0.29, 0.717) is 47.7 Å². The smallest absolute Gasteiger partial charge is 0.155 e. The van der Waals surface area contributed by atoms with Gasteiger partial charge in [-0.3, -0.25) is 9.59 Å². The molecule has 4 aliphatic rings. The highest BCUT2D eigenvalue weighted by Crippen LogP contribution is 2.60. The molecule has 0 heterocycles. The number of hydrogen-bond donors (Lipinski definition) is 0. The fraction of sp³-hybridized carbons (Fsp3) is 0.778. The molecule has 3 fully saturated rings. The quantitative estimate of drug-likeness (QED) is 0.674. The summed E-state index contributed by atoms with van der Waals surface area (Å²) in [6.45, 7) is 2.42. The molecule has 0 unspecified atom stereocenters. The molecule has 0 aromatic carbocycles. The Morgan fingerprint density at radius 2 is 2.00 bits per heavy atom. The third-order valence-corrected chi connectivity index (χ3v) is 6.89. The lowest BCUT2D eigenvalue weighted by molar-refractivity contribution is -0.134. The van der Waals surface area contributed by atoms with Crippen molar-refractivity contribution in [3.8, 4) is 0 Å². The maximum Gasteiger partial charge on any atom is 0.155 e. The summed E-state index contributed by atoms with van der Waals surface area (Å²) in [6, 6.07) is 0. The third kappa shape index (κ3) is 1.69. The average Bonchev–Trinajstić information content (AvgIpc) is 2.79. The molecule has 0 aromatic rings. The van der Waals surface area contributed by atoms with Crippen LogP contribution in [-0.2, 0) is 9.59 Å². The van der Waals surface area contributed by atoms with Crippen molar-refractivity contribution < 1.29 is 9.59 Å². The summed E-state index contributed by atoms with van der Waals surface area (Å²) in [6.07, 6.45) is 10.5. The van der Waals surface area contributed by atoms with Crippen molar-refractivity contribution in [1.82, 2.24) is 0 Å². The average molecular weight is 272 g/mol. The zero-order chi connectivity index (χ0) is 13.9. The van der Waals surface area contributed by atoms with E-state index < -0.39 is 0 Å². The molecule has 0 bridgehead atoms. The highest BCUT2D eigenvalue weighted by Gasteiger charge is 2.55. The molecule has 4 aliphatic carbocycles. The fourth-order valence-electron chi connectivity index (χ4n) is 5.93. The van der Waals surface area contributed by atoms with E-state index in [1.165, 1.54) is 37.7 Å². The van der Waals surface area contributed by atoms with Gasteiger partial charge in [0.05, 0.1) is 0 Å². The Morgan fingerprint density at radius 1 is 1.15 bits per heavy atom. The predicted octanol–water partition coefficient (Wildman–Crippen LogP) is 3.70. The molecule has 0 aromatic heterocycles. The summed E-state index contributed by atoms with van der Waals surface area (Å²) in [7, 11) is 0. The van der Waals surface area contributed by atoms with Crippen LogP contribution in [0.3, 0.4) is 0 Å². The first-order valence-electron chi connectivity index (χ1n) is 8.34. The summed E-state index contributed by atoms with van der Waals surface area (Å²) in [5.74, 6) is 2.72. The first kappa shape index (κ1) is 12.8. The number of carbonyl (C=O) groups is 2. The van der Waals surface area contributed by atoms with Crippen molar-refractivity contribution in [2.75, 3.05) is 0 Å². The van der Waals surface area contributed by atoms with Crippen LogP contribution in [-0.4, -0.2) is 11.6 Å². The Kier molecular flexibility index (Phi) is 2.74. The molecule has 4 rings (SSSR count). The topological polar surface area (TPSA) is 34.1 Å². The van der Waals surface area contributed by atoms with E-state index in [1.54, 1.807) is 0 Å². The first-order valence-corrected chi connectivity index (χ1v) is 8.34. The van der Waals surface area contributed by atoms with Gasteiger partial charge >= 0.3 is 0 Å². The molecule has 2 nitrogen and oxygen atoms in total. The highest BCUT2D eigenvalue weighted by molar-refractivity contribution is 5.94. The maximum absolute atomic E-state index is 12.7. The second-order valence-corrected chi connectivity index (χ2v) is 7.85. The Balaban J connectivity index is 1.70. The van der Waals surface area contributed by atoms with E-state index in [0.717, 1.165) is 6.42 Å². The largest absolute Gasteiger partial charge is 0.299 e. The van der Waals surface area contributed by atoms with Crippen LogP contribution in [0.15, 0.2) is 11.6 Å². The molecule has 0 saturated heterocycles. The van der Waals surface area contributed by atoms with E-state index in [9.17, 15) is 9.59 Å². The summed E-state index contributed by atoms with van der Waals surface area (Å²) in [4.78, 5) is 24.4. The molecule has 0 spiro atoms. The number of allylic oxidation sites excluding steroid dienone is 1. The summed E-state index contributed by atoms with van der Waals surface area (Å²) >= 11 is 0. The van der Waals surface area contributed by atoms with Gasteiger partial charge in [-0.1, -0.05) is 18.9 Å². The van der Waals surface area contributed by atoms with Gasteiger partial charge in [0.15, 0.2) is 5.78 Å². The number of rotatable bonds is 0. The van der Waals surface area contributed by atoms with E-state index in [2.05, 4.69) is 6.92 Å². The van der Waals surface area contributed by atoms with Gasteiger partial charge < -0.3 is 0 Å². The van der Waals surface area contributed by atoms with Crippen LogP contribution in [0.1, 0.15) is 58.3 Å². The van der Waals surface area contributed by atoms with Crippen molar-refractivity contribution in [2.24, 2.45) is 29.1 Å². The lowest BCUT2D eigenvalue weighted by Gasteiger charge is -2.51. The third-order valence-electron chi connectivity index (χ3n) is 6.89. The zero-order valence-electron chi connectivity index (χ0n) is 12.4. The van der Waals surface area contributed by atoms with Crippen molar-refractivity contribution in [3.05, 3.63) is 11.6 Å². The molecule has 0 N–H and O–H groups in total. The molecule has 0 aliphatic heterocycles. The minimum atomic E-state index is 0.240. The van der Waals surface area contributed by atoms with Crippen molar-refractivity contribution in [3.63, 3.8) is 0 Å². The van der Waals surface area contributed by atoms with Crippen molar-refractivity contribution in [2.45, 2.75) is 58.3 Å². The summed E-state index contributed by atoms with van der Waals surface area (Å²) in [5.41, 5.74) is 1.61. The Morgan fingerprint density at radius 3 is 2.85 bits per heavy atom. The minimum absolute atomic E-state index is 0.240. The Hall–Kier alpha value is -0.920. The van der Waals surface area contributed by atoms with E-state index in [-0.39, 0.29) is 5.78 Å². The molecule has 3 saturated carbocycles. The zero-order valence-corrected chi connectivity index (χ0v) is 12.4. The van der Waals surface area contributed by atoms with E-state index >= 15 is 0 Å². The van der Waals surface area contributed by atoms with Crippen molar-refractivity contribution in [1.29, 1.82) is 0 Å². The first-order chi connectivity index (χ1) is 9.58. The Labute approximate surface area is 121 Å². The van der Waals surface area contributed by atoms with Crippen LogP contribution in [0.4, 0.5) is 0 Å². The van der Waals surface area contributed by atoms with Crippen LogP contribution >= 0.6 is 0 Å². The highest BCUT2D eigenvalue weighted by atomic mass is 16.1. The van der Waals surface area contributed by atoms with E-state index in [4.69, 9.17) is 0 Å². The lowest BCUT2D eigenvalue weighted by atomic mass is 9.52. The number of hydrogen-bond acceptors (Lipinski definition) is 2. The SMILES string of the molecule is C[C@@]12CCC[C@H]1[C@@H]1C(=O)CC3=CC(=O)CC[C@@H]3[C@@H]1CC2. The van der Waals surface area contributed by atoms with Crippen LogP contribution in [0.2, 0.25) is 0 Å². The van der Waals surface area contributed by atoms with Gasteiger partial charge in [-0.05, 0) is 61.3 Å². The molecular weight excluding hydrogens is 248 g/mol. The van der Waals surface area contributed by atoms with Gasteiger partial charge in [-0.15, -0.1) is 0 Å². The number of carbonyl (C=O) groups excluding carboxylic acids is 2. The summed E-state index contributed by atoms with van der Waals surface area (Å²) in [5, 5.41) is 0. The van der Waals surface area contributed by atoms with E-state index in [1.807, 2.05) is 6.08 Å². The van der Waals surface area contributed by atoms with Gasteiger partial charge in [-0.2, -0.15) is 0 Å². The molecular formula is C18H24O2. The van der Waals surface area contributed by atoms with Gasteiger partial charge in [0.25, 0.3) is 0 Å². The molecule has 2 heteroatoms. The van der Waals surface area contributed by atoms with Gasteiger partial charge in [0, 0.05) is 18.8 Å². The molecule has 108 valence electrons.